The number of rotatable bonds is 8. The molecule has 0 unspecified atom stereocenters. The van der Waals surface area contributed by atoms with Crippen LogP contribution in [0.4, 0.5) is 18.9 Å². The first-order valence-corrected chi connectivity index (χ1v) is 12.3. The number of benzene rings is 2. The third kappa shape index (κ3) is 5.53. The van der Waals surface area contributed by atoms with Crippen LogP contribution >= 0.6 is 0 Å². The number of hydrogen-bond donors (Lipinski definition) is 1. The minimum absolute atomic E-state index is 0.201. The van der Waals surface area contributed by atoms with Crippen LogP contribution in [0.5, 0.6) is 0 Å². The van der Waals surface area contributed by atoms with E-state index in [9.17, 15) is 18.0 Å². The second kappa shape index (κ2) is 10.3. The molecule has 36 heavy (non-hydrogen) atoms. The first kappa shape index (κ1) is 24.3. The summed E-state index contributed by atoms with van der Waals surface area (Å²) >= 11 is 0. The van der Waals surface area contributed by atoms with Crippen LogP contribution in [0.15, 0.2) is 54.6 Å². The molecule has 2 fully saturated rings. The highest BCUT2D eigenvalue weighted by Gasteiger charge is 2.34. The first-order valence-electron chi connectivity index (χ1n) is 12.3. The van der Waals surface area contributed by atoms with E-state index in [2.05, 4.69) is 20.5 Å². The van der Waals surface area contributed by atoms with E-state index in [-0.39, 0.29) is 5.91 Å². The molecule has 1 saturated carbocycles. The quantitative estimate of drug-likeness (QED) is 0.474. The van der Waals surface area contributed by atoms with Gasteiger partial charge in [0.1, 0.15) is 0 Å². The second-order valence-electron chi connectivity index (χ2n) is 9.33. The van der Waals surface area contributed by atoms with Gasteiger partial charge in [-0.05, 0) is 56.1 Å². The molecule has 0 radical (unpaired) electrons. The van der Waals surface area contributed by atoms with Gasteiger partial charge in [-0.25, -0.2) is 4.68 Å². The van der Waals surface area contributed by atoms with Gasteiger partial charge in [-0.2, -0.15) is 13.2 Å². The molecule has 10 heteroatoms. The summed E-state index contributed by atoms with van der Waals surface area (Å²) in [6, 6.07) is 15.2. The van der Waals surface area contributed by atoms with E-state index in [1.54, 1.807) is 10.7 Å². The number of amides is 1. The van der Waals surface area contributed by atoms with Crippen molar-refractivity contribution >= 4 is 11.6 Å². The van der Waals surface area contributed by atoms with Gasteiger partial charge in [-0.15, -0.1) is 5.10 Å². The van der Waals surface area contributed by atoms with Crippen molar-refractivity contribution in [1.82, 2.24) is 25.2 Å². The van der Waals surface area contributed by atoms with E-state index in [0.29, 0.717) is 36.9 Å². The molecule has 1 aromatic heterocycles. The molecule has 190 valence electrons. The number of hydrogen-bond acceptors (Lipinski definition) is 5. The fraction of sp³-hybridized carbons (Fsp3) is 0.423. The second-order valence-corrected chi connectivity index (χ2v) is 9.33. The highest BCUT2D eigenvalue weighted by molar-refractivity contribution is 5.93. The maximum absolute atomic E-state index is 13.0. The van der Waals surface area contributed by atoms with Gasteiger partial charge in [0, 0.05) is 44.3 Å². The lowest BCUT2D eigenvalue weighted by atomic mass is 10.1. The summed E-state index contributed by atoms with van der Waals surface area (Å²) in [6.45, 7) is 4.20. The molecule has 1 amide bonds. The molecule has 1 aliphatic heterocycles. The van der Waals surface area contributed by atoms with E-state index in [1.807, 2.05) is 35.2 Å². The SMILES string of the molecule is O=C(NCCCN1CCN(c2cccc(C(F)(F)F)c2)CC1)c1nnn(-c2ccccc2)c1C1CC1. The molecular weight excluding hydrogens is 469 g/mol. The zero-order valence-electron chi connectivity index (χ0n) is 19.9. The number of anilines is 1. The van der Waals surface area contributed by atoms with E-state index in [1.165, 1.54) is 12.1 Å². The van der Waals surface area contributed by atoms with Crippen molar-refractivity contribution in [2.24, 2.45) is 0 Å². The number of alkyl halides is 3. The van der Waals surface area contributed by atoms with E-state index in [4.69, 9.17) is 0 Å². The number of halogens is 3. The van der Waals surface area contributed by atoms with Crippen molar-refractivity contribution in [3.8, 4) is 5.69 Å². The van der Waals surface area contributed by atoms with Gasteiger partial charge in [0.2, 0.25) is 0 Å². The molecule has 5 rings (SSSR count). The Balaban J connectivity index is 1.09. The van der Waals surface area contributed by atoms with Crippen LogP contribution in [-0.4, -0.2) is 65.1 Å². The summed E-state index contributed by atoms with van der Waals surface area (Å²) < 4.78 is 40.8. The summed E-state index contributed by atoms with van der Waals surface area (Å²) in [4.78, 5) is 17.1. The summed E-state index contributed by atoms with van der Waals surface area (Å²) in [6.07, 6.45) is -1.49. The van der Waals surface area contributed by atoms with Crippen molar-refractivity contribution in [3.63, 3.8) is 0 Å². The number of aromatic nitrogens is 3. The van der Waals surface area contributed by atoms with Crippen molar-refractivity contribution in [2.45, 2.75) is 31.4 Å². The molecule has 2 aromatic carbocycles. The molecule has 1 aliphatic carbocycles. The predicted octanol–water partition coefficient (Wildman–Crippen LogP) is 4.11. The fourth-order valence-corrected chi connectivity index (χ4v) is 4.63. The minimum atomic E-state index is -4.34. The zero-order valence-corrected chi connectivity index (χ0v) is 19.9. The summed E-state index contributed by atoms with van der Waals surface area (Å²) in [7, 11) is 0. The Bertz CT molecular complexity index is 1180. The van der Waals surface area contributed by atoms with Crippen LogP contribution < -0.4 is 10.2 Å². The van der Waals surface area contributed by atoms with Crippen LogP contribution in [0.1, 0.15) is 46.9 Å². The Morgan fingerprint density at radius 1 is 0.972 bits per heavy atom. The van der Waals surface area contributed by atoms with Gasteiger partial charge in [0.25, 0.3) is 5.91 Å². The van der Waals surface area contributed by atoms with Crippen LogP contribution in [-0.2, 0) is 6.18 Å². The van der Waals surface area contributed by atoms with Crippen LogP contribution in [0.2, 0.25) is 0 Å². The van der Waals surface area contributed by atoms with Crippen LogP contribution in [0.3, 0.4) is 0 Å². The average Bonchev–Trinajstić information content (AvgIpc) is 3.64. The lowest BCUT2D eigenvalue weighted by Gasteiger charge is -2.36. The predicted molar refractivity (Wildman–Crippen MR) is 130 cm³/mol. The summed E-state index contributed by atoms with van der Waals surface area (Å²) in [5, 5.41) is 11.4. The van der Waals surface area contributed by atoms with Crippen LogP contribution in [0.25, 0.3) is 5.69 Å². The molecule has 1 saturated heterocycles. The molecular formula is C26H29F3N6O. The Labute approximate surface area is 207 Å². The standard InChI is InChI=1S/C26H29F3N6O/c27-26(28,29)20-6-4-9-22(18-20)34-16-14-33(15-17-34)13-5-12-30-25(36)23-24(19-10-11-19)35(32-31-23)21-7-2-1-3-8-21/h1-4,6-9,18-19H,5,10-17H2,(H,30,36). The number of nitrogens with one attached hydrogen (secondary N) is 1. The van der Waals surface area contributed by atoms with E-state index in [0.717, 1.165) is 56.3 Å². The molecule has 0 bridgehead atoms. The number of piperazine rings is 1. The number of nitrogens with zero attached hydrogens (tertiary/aromatic N) is 5. The van der Waals surface area contributed by atoms with Crippen molar-refractivity contribution < 1.29 is 18.0 Å². The Hall–Kier alpha value is -3.40. The molecule has 0 spiro atoms. The molecule has 3 aromatic rings. The summed E-state index contributed by atoms with van der Waals surface area (Å²) in [5.41, 5.74) is 2.16. The molecule has 7 nitrogen and oxygen atoms in total. The topological polar surface area (TPSA) is 66.3 Å². The Morgan fingerprint density at radius 2 is 1.69 bits per heavy atom. The minimum Gasteiger partial charge on any atom is -0.369 e. The molecule has 2 heterocycles. The summed E-state index contributed by atoms with van der Waals surface area (Å²) in [5.74, 6) is 0.113. The molecule has 1 N–H and O–H groups in total. The largest absolute Gasteiger partial charge is 0.416 e. The Morgan fingerprint density at radius 3 is 2.39 bits per heavy atom. The molecule has 2 aliphatic rings. The normalized spacial score (nSPS) is 16.8. The monoisotopic (exact) mass is 498 g/mol. The van der Waals surface area contributed by atoms with E-state index >= 15 is 0 Å². The smallest absolute Gasteiger partial charge is 0.369 e. The third-order valence-electron chi connectivity index (χ3n) is 6.73. The van der Waals surface area contributed by atoms with Crippen LogP contribution in [0, 0.1) is 0 Å². The number of carbonyl (C=O) groups excluding carboxylic acids is 1. The van der Waals surface area contributed by atoms with Gasteiger partial charge < -0.3 is 10.2 Å². The highest BCUT2D eigenvalue weighted by atomic mass is 19.4. The maximum atomic E-state index is 13.0. The lowest BCUT2D eigenvalue weighted by Crippen LogP contribution is -2.47. The van der Waals surface area contributed by atoms with Gasteiger partial charge in [-0.1, -0.05) is 29.5 Å². The van der Waals surface area contributed by atoms with Crippen molar-refractivity contribution in [2.75, 3.05) is 44.2 Å². The first-order chi connectivity index (χ1) is 17.4. The van der Waals surface area contributed by atoms with Crippen molar-refractivity contribution in [3.05, 3.63) is 71.5 Å². The molecule has 0 atom stereocenters. The maximum Gasteiger partial charge on any atom is 0.416 e. The third-order valence-corrected chi connectivity index (χ3v) is 6.73. The fourth-order valence-electron chi connectivity index (χ4n) is 4.63. The lowest BCUT2D eigenvalue weighted by molar-refractivity contribution is -0.137. The number of carbonyl (C=O) groups is 1. The highest BCUT2D eigenvalue weighted by Crippen LogP contribution is 2.42. The number of para-hydroxylation sites is 1. The van der Waals surface area contributed by atoms with Gasteiger partial charge in [0.05, 0.1) is 16.9 Å². The Kier molecular flexibility index (Phi) is 6.95. The zero-order chi connectivity index (χ0) is 25.1. The van der Waals surface area contributed by atoms with Gasteiger partial charge in [-0.3, -0.25) is 9.69 Å². The van der Waals surface area contributed by atoms with E-state index < -0.39 is 11.7 Å². The average molecular weight is 499 g/mol. The van der Waals surface area contributed by atoms with Crippen molar-refractivity contribution in [1.29, 1.82) is 0 Å². The van der Waals surface area contributed by atoms with Gasteiger partial charge >= 0.3 is 6.18 Å². The van der Waals surface area contributed by atoms with Gasteiger partial charge in [0.15, 0.2) is 5.69 Å².